The second-order valence-electron chi connectivity index (χ2n) is 10.1. The van der Waals surface area contributed by atoms with E-state index >= 15 is 0 Å². The fourth-order valence-electron chi connectivity index (χ4n) is 5.73. The Morgan fingerprint density at radius 1 is 1.00 bits per heavy atom. The molecule has 200 valence electrons. The van der Waals surface area contributed by atoms with E-state index in [1.165, 1.54) is 40.7 Å². The molecule has 5 heteroatoms. The van der Waals surface area contributed by atoms with Gasteiger partial charge in [0.25, 0.3) is 0 Å². The van der Waals surface area contributed by atoms with Crippen LogP contribution in [0.2, 0.25) is 0 Å². The summed E-state index contributed by atoms with van der Waals surface area (Å²) in [6.45, 7) is 5.24. The normalized spacial score (nSPS) is 19.0. The Bertz CT molecular complexity index is 1280. The molecule has 0 radical (unpaired) electrons. The maximum Gasteiger partial charge on any atom is 0.306 e. The molecule has 0 bridgehead atoms. The minimum absolute atomic E-state index is 0.0545. The van der Waals surface area contributed by atoms with E-state index in [0.717, 1.165) is 25.8 Å². The van der Waals surface area contributed by atoms with E-state index < -0.39 is 0 Å². The number of esters is 1. The lowest BCUT2D eigenvalue weighted by Crippen LogP contribution is -2.25. The Morgan fingerprint density at radius 3 is 2.18 bits per heavy atom. The molecule has 2 aliphatic rings. The summed E-state index contributed by atoms with van der Waals surface area (Å²) in [5.41, 5.74) is 11.8. The number of halogens is 1. The summed E-state index contributed by atoms with van der Waals surface area (Å²) in [6, 6.07) is 21.1. The van der Waals surface area contributed by atoms with Crippen molar-refractivity contribution in [2.75, 3.05) is 7.05 Å². The third-order valence-corrected chi connectivity index (χ3v) is 7.30. The number of nitrogens with two attached hydrogens (primary N) is 1. The largest absolute Gasteiger partial charge is 0.462 e. The minimum Gasteiger partial charge on any atom is -0.462 e. The first-order chi connectivity index (χ1) is 18.5. The topological polar surface area (TPSA) is 57.2 Å². The van der Waals surface area contributed by atoms with Gasteiger partial charge >= 0.3 is 5.97 Å². The lowest BCUT2D eigenvalue weighted by Gasteiger charge is -2.26. The SMILES string of the molecule is CC(C)c1c(-c2ccccc2)c(-c2ccccc2)c(C2C=CC(F)=CC2)n1CCC1CCCC(=O)O1.CN. The minimum atomic E-state index is -0.174. The van der Waals surface area contributed by atoms with Gasteiger partial charge in [0.1, 0.15) is 11.9 Å². The van der Waals surface area contributed by atoms with E-state index in [-0.39, 0.29) is 29.7 Å². The van der Waals surface area contributed by atoms with Gasteiger partial charge in [-0.1, -0.05) is 80.6 Å². The van der Waals surface area contributed by atoms with Crippen LogP contribution in [0.25, 0.3) is 22.3 Å². The number of aromatic nitrogens is 1. The van der Waals surface area contributed by atoms with Gasteiger partial charge in [0.15, 0.2) is 0 Å². The molecule has 2 aromatic carbocycles. The van der Waals surface area contributed by atoms with Crippen molar-refractivity contribution in [1.82, 2.24) is 4.57 Å². The van der Waals surface area contributed by atoms with Crippen molar-refractivity contribution in [3.05, 3.63) is 96.1 Å². The second-order valence-corrected chi connectivity index (χ2v) is 10.1. The molecule has 2 heterocycles. The molecule has 4 nitrogen and oxygen atoms in total. The molecule has 2 unspecified atom stereocenters. The zero-order valence-electron chi connectivity index (χ0n) is 22.7. The number of ether oxygens (including phenoxy) is 1. The lowest BCUT2D eigenvalue weighted by atomic mass is 9.87. The van der Waals surface area contributed by atoms with Crippen LogP contribution in [0.3, 0.4) is 0 Å². The molecule has 3 aromatic rings. The first-order valence-corrected chi connectivity index (χ1v) is 13.7. The number of carbonyl (C=O) groups excluding carboxylic acids is 1. The van der Waals surface area contributed by atoms with E-state index in [4.69, 9.17) is 4.74 Å². The van der Waals surface area contributed by atoms with Gasteiger partial charge in [0.05, 0.1) is 0 Å². The Labute approximate surface area is 226 Å². The third kappa shape index (κ3) is 5.99. The van der Waals surface area contributed by atoms with Crippen molar-refractivity contribution in [1.29, 1.82) is 0 Å². The predicted molar refractivity (Wildman–Crippen MR) is 154 cm³/mol. The highest BCUT2D eigenvalue weighted by Crippen LogP contribution is 2.47. The van der Waals surface area contributed by atoms with Crippen LogP contribution in [0.5, 0.6) is 0 Å². The van der Waals surface area contributed by atoms with Crippen molar-refractivity contribution in [3.63, 3.8) is 0 Å². The van der Waals surface area contributed by atoms with Crippen molar-refractivity contribution in [2.24, 2.45) is 5.73 Å². The summed E-state index contributed by atoms with van der Waals surface area (Å²) in [5, 5.41) is 0. The molecular formula is C33H39FN2O2. The van der Waals surface area contributed by atoms with Crippen molar-refractivity contribution < 1.29 is 13.9 Å². The highest BCUT2D eigenvalue weighted by Gasteiger charge is 2.31. The average Bonchev–Trinajstić information content (AvgIpc) is 3.30. The first kappa shape index (κ1) is 27.6. The quantitative estimate of drug-likeness (QED) is 0.326. The van der Waals surface area contributed by atoms with Gasteiger partial charge in [-0.3, -0.25) is 4.79 Å². The fourth-order valence-corrected chi connectivity index (χ4v) is 5.73. The number of hydrogen-bond acceptors (Lipinski definition) is 3. The Hall–Kier alpha value is -3.44. The summed E-state index contributed by atoms with van der Waals surface area (Å²) in [6.07, 6.45) is 8.95. The lowest BCUT2D eigenvalue weighted by molar-refractivity contribution is -0.154. The monoisotopic (exact) mass is 514 g/mol. The molecule has 0 amide bonds. The van der Waals surface area contributed by atoms with Gasteiger partial charge < -0.3 is 15.0 Å². The second kappa shape index (κ2) is 12.9. The number of hydrogen-bond donors (Lipinski definition) is 1. The van der Waals surface area contributed by atoms with Crippen LogP contribution in [-0.4, -0.2) is 23.7 Å². The fraction of sp³-hybridized carbons (Fsp3) is 0.364. The van der Waals surface area contributed by atoms with Gasteiger partial charge in [-0.05, 0) is 55.5 Å². The summed E-state index contributed by atoms with van der Waals surface area (Å²) in [4.78, 5) is 12.0. The highest BCUT2D eigenvalue weighted by molar-refractivity contribution is 5.89. The van der Waals surface area contributed by atoms with Crippen LogP contribution in [0.15, 0.2) is 84.7 Å². The molecule has 0 saturated carbocycles. The van der Waals surface area contributed by atoms with Gasteiger partial charge in [-0.25, -0.2) is 4.39 Å². The average molecular weight is 515 g/mol. The van der Waals surface area contributed by atoms with Crippen LogP contribution in [0, 0.1) is 0 Å². The van der Waals surface area contributed by atoms with Gasteiger partial charge in [-0.2, -0.15) is 0 Å². The van der Waals surface area contributed by atoms with Crippen molar-refractivity contribution in [3.8, 4) is 22.3 Å². The van der Waals surface area contributed by atoms with Crippen molar-refractivity contribution in [2.45, 2.75) is 70.4 Å². The molecule has 1 aromatic heterocycles. The summed E-state index contributed by atoms with van der Waals surface area (Å²) in [7, 11) is 1.50. The van der Waals surface area contributed by atoms with Crippen LogP contribution in [0.4, 0.5) is 4.39 Å². The molecule has 2 N–H and O–H groups in total. The molecule has 1 fully saturated rings. The smallest absolute Gasteiger partial charge is 0.306 e. The number of cyclic esters (lactones) is 1. The van der Waals surface area contributed by atoms with Crippen molar-refractivity contribution >= 4 is 5.97 Å². The number of nitrogens with zero attached hydrogens (tertiary/aromatic N) is 1. The van der Waals surface area contributed by atoms with E-state index in [0.29, 0.717) is 12.8 Å². The molecule has 38 heavy (non-hydrogen) atoms. The van der Waals surface area contributed by atoms with Crippen LogP contribution < -0.4 is 5.73 Å². The maximum absolute atomic E-state index is 14.0. The highest BCUT2D eigenvalue weighted by atomic mass is 19.1. The zero-order valence-corrected chi connectivity index (χ0v) is 22.7. The van der Waals surface area contributed by atoms with E-state index in [9.17, 15) is 9.18 Å². The van der Waals surface area contributed by atoms with Gasteiger partial charge in [0.2, 0.25) is 0 Å². The summed E-state index contributed by atoms with van der Waals surface area (Å²) < 4.78 is 22.2. The standard InChI is InChI=1S/C32H34FNO2.CH5N/c1-22(2)31-29(23-10-5-3-6-11-23)30(24-12-7-4-8-13-24)32(25-16-18-26(33)19-17-25)34(31)21-20-27-14-9-15-28(35)36-27;1-2/h3-8,10-13,16,18-19,22,25,27H,9,14-15,17,20-21H2,1-2H3;2H2,1H3. The third-order valence-electron chi connectivity index (χ3n) is 7.30. The molecule has 1 aliphatic carbocycles. The van der Waals surface area contributed by atoms with E-state index in [1.807, 2.05) is 18.2 Å². The molecule has 1 aliphatic heterocycles. The maximum atomic E-state index is 14.0. The number of benzene rings is 2. The van der Waals surface area contributed by atoms with Gasteiger partial charge in [0, 0.05) is 47.8 Å². The molecule has 2 atom stereocenters. The van der Waals surface area contributed by atoms with Crippen LogP contribution in [0.1, 0.15) is 69.2 Å². The Balaban J connectivity index is 0.00000164. The van der Waals surface area contributed by atoms with Crippen LogP contribution >= 0.6 is 0 Å². The predicted octanol–water partition coefficient (Wildman–Crippen LogP) is 7.90. The number of allylic oxidation sites excluding steroid dienone is 4. The summed E-state index contributed by atoms with van der Waals surface area (Å²) in [5.74, 6) is 0.0645. The first-order valence-electron chi connectivity index (χ1n) is 13.7. The zero-order chi connectivity index (χ0) is 27.1. The van der Waals surface area contributed by atoms with E-state index in [2.05, 4.69) is 72.7 Å². The number of rotatable bonds is 7. The molecular weight excluding hydrogens is 475 g/mol. The summed E-state index contributed by atoms with van der Waals surface area (Å²) >= 11 is 0. The molecule has 1 saturated heterocycles. The van der Waals surface area contributed by atoms with Crippen LogP contribution in [-0.2, 0) is 16.1 Å². The Kier molecular flexibility index (Phi) is 9.35. The molecule has 0 spiro atoms. The van der Waals surface area contributed by atoms with Gasteiger partial charge in [-0.15, -0.1) is 0 Å². The van der Waals surface area contributed by atoms with E-state index in [1.54, 1.807) is 12.2 Å². The Morgan fingerprint density at radius 2 is 1.63 bits per heavy atom. The molecule has 5 rings (SSSR count). The number of carbonyl (C=O) groups is 1.